The molecule has 0 aliphatic heterocycles. The highest BCUT2D eigenvalue weighted by atomic mass is 16.6. The second kappa shape index (κ2) is 8.94. The van der Waals surface area contributed by atoms with Gasteiger partial charge in [-0.15, -0.1) is 0 Å². The van der Waals surface area contributed by atoms with Crippen LogP contribution in [0.3, 0.4) is 0 Å². The molecule has 0 aromatic heterocycles. The molecule has 0 amide bonds. The lowest BCUT2D eigenvalue weighted by Crippen LogP contribution is -2.27. The second-order valence-electron chi connectivity index (χ2n) is 7.52. The van der Waals surface area contributed by atoms with Crippen molar-refractivity contribution >= 4 is 17.5 Å². The first-order chi connectivity index (χ1) is 13.6. The normalized spacial score (nSPS) is 14.8. The van der Waals surface area contributed by atoms with Crippen molar-refractivity contribution < 1.29 is 33.3 Å². The Labute approximate surface area is 170 Å². The van der Waals surface area contributed by atoms with E-state index < -0.39 is 11.6 Å². The molecule has 1 aromatic carbocycles. The van der Waals surface area contributed by atoms with Crippen LogP contribution in [0, 0.1) is 0 Å². The molecule has 156 valence electrons. The number of hydrogen-bond donors (Lipinski definition) is 0. The number of Topliss-reactive ketones (excluding diaryl/α,β-unsaturated/α-hetero) is 2. The van der Waals surface area contributed by atoms with E-state index >= 15 is 0 Å². The third-order valence-corrected chi connectivity index (χ3v) is 4.18. The fourth-order valence-electron chi connectivity index (χ4n) is 2.83. The zero-order valence-corrected chi connectivity index (χ0v) is 17.6. The van der Waals surface area contributed by atoms with Crippen molar-refractivity contribution in [2.75, 3.05) is 20.8 Å². The lowest BCUT2D eigenvalue weighted by molar-refractivity contribution is -0.157. The van der Waals surface area contributed by atoms with E-state index in [2.05, 4.69) is 0 Å². The van der Waals surface area contributed by atoms with Crippen LogP contribution in [0.25, 0.3) is 0 Å². The average molecular weight is 402 g/mol. The van der Waals surface area contributed by atoms with Crippen LogP contribution in [-0.2, 0) is 35.0 Å². The maximum Gasteiger partial charge on any atom is 0.344 e. The van der Waals surface area contributed by atoms with E-state index in [4.69, 9.17) is 18.9 Å². The van der Waals surface area contributed by atoms with E-state index in [0.29, 0.717) is 16.9 Å². The van der Waals surface area contributed by atoms with Gasteiger partial charge in [-0.05, 0) is 45.4 Å². The molecule has 0 bridgehead atoms. The molecule has 1 aromatic rings. The van der Waals surface area contributed by atoms with E-state index in [1.54, 1.807) is 52.0 Å². The second-order valence-corrected chi connectivity index (χ2v) is 7.52. The average Bonchev–Trinajstić information content (AvgIpc) is 2.65. The van der Waals surface area contributed by atoms with Gasteiger partial charge in [0.1, 0.15) is 11.4 Å². The van der Waals surface area contributed by atoms with Gasteiger partial charge in [-0.25, -0.2) is 4.79 Å². The highest BCUT2D eigenvalue weighted by Gasteiger charge is 2.34. The molecule has 1 aliphatic rings. The Morgan fingerprint density at radius 1 is 0.931 bits per heavy atom. The quantitative estimate of drug-likeness (QED) is 0.512. The molecule has 29 heavy (non-hydrogen) atoms. The minimum Gasteiger partial charge on any atom is -0.489 e. The van der Waals surface area contributed by atoms with Gasteiger partial charge in [0.15, 0.2) is 6.61 Å². The summed E-state index contributed by atoms with van der Waals surface area (Å²) >= 11 is 0. The van der Waals surface area contributed by atoms with Crippen LogP contribution < -0.4 is 4.74 Å². The molecule has 0 radical (unpaired) electrons. The van der Waals surface area contributed by atoms with Crippen molar-refractivity contribution in [1.82, 2.24) is 0 Å². The van der Waals surface area contributed by atoms with Gasteiger partial charge >= 0.3 is 5.97 Å². The molecule has 0 spiro atoms. The van der Waals surface area contributed by atoms with Gasteiger partial charge in [0.2, 0.25) is 23.1 Å². The Hall–Kier alpha value is -3.09. The van der Waals surface area contributed by atoms with Crippen LogP contribution in [0.1, 0.15) is 33.3 Å². The summed E-state index contributed by atoms with van der Waals surface area (Å²) in [6.07, 6.45) is 0.257. The third kappa shape index (κ3) is 5.47. The first-order valence-electron chi connectivity index (χ1n) is 9.12. The van der Waals surface area contributed by atoms with Crippen LogP contribution in [0.2, 0.25) is 0 Å². The summed E-state index contributed by atoms with van der Waals surface area (Å²) in [5, 5.41) is 0. The molecule has 0 N–H and O–H groups in total. The van der Waals surface area contributed by atoms with Gasteiger partial charge < -0.3 is 18.9 Å². The van der Waals surface area contributed by atoms with E-state index in [-0.39, 0.29) is 36.1 Å². The Morgan fingerprint density at radius 3 is 2.00 bits per heavy atom. The smallest absolute Gasteiger partial charge is 0.344 e. The molecule has 0 unspecified atom stereocenters. The van der Waals surface area contributed by atoms with Crippen LogP contribution in [-0.4, -0.2) is 44.0 Å². The van der Waals surface area contributed by atoms with Crippen LogP contribution in [0.4, 0.5) is 0 Å². The summed E-state index contributed by atoms with van der Waals surface area (Å²) in [6.45, 7) is 6.75. The van der Waals surface area contributed by atoms with Crippen molar-refractivity contribution in [3.05, 3.63) is 52.5 Å². The Balaban J connectivity index is 2.08. The van der Waals surface area contributed by atoms with Crippen LogP contribution in [0.15, 0.2) is 46.9 Å². The fraction of sp³-hybridized carbons (Fsp3) is 0.409. The van der Waals surface area contributed by atoms with Crippen LogP contribution >= 0.6 is 0 Å². The summed E-state index contributed by atoms with van der Waals surface area (Å²) in [6, 6.07) is 6.92. The lowest BCUT2D eigenvalue weighted by atomic mass is 9.89. The first kappa shape index (κ1) is 22.2. The van der Waals surface area contributed by atoms with Crippen molar-refractivity contribution in [2.45, 2.75) is 39.7 Å². The number of methoxy groups -OCH3 is 2. The van der Waals surface area contributed by atoms with Gasteiger partial charge in [-0.1, -0.05) is 12.1 Å². The minimum atomic E-state index is -0.571. The van der Waals surface area contributed by atoms with Crippen molar-refractivity contribution in [3.63, 3.8) is 0 Å². The maximum absolute atomic E-state index is 12.7. The molecule has 0 saturated heterocycles. The first-order valence-corrected chi connectivity index (χ1v) is 9.12. The zero-order valence-electron chi connectivity index (χ0n) is 17.6. The Bertz CT molecular complexity index is 867. The van der Waals surface area contributed by atoms with Crippen molar-refractivity contribution in [2.24, 2.45) is 0 Å². The number of esters is 1. The molecule has 1 aliphatic carbocycles. The predicted octanol–water partition coefficient (Wildman–Crippen LogP) is 2.92. The lowest BCUT2D eigenvalue weighted by Gasteiger charge is -2.20. The molecular formula is C22H26O7. The van der Waals surface area contributed by atoms with Gasteiger partial charge in [0.05, 0.1) is 14.2 Å². The molecular weight excluding hydrogens is 376 g/mol. The van der Waals surface area contributed by atoms with Crippen molar-refractivity contribution in [1.29, 1.82) is 0 Å². The highest BCUT2D eigenvalue weighted by molar-refractivity contribution is 6.23. The molecule has 0 heterocycles. The zero-order chi connectivity index (χ0) is 21.8. The largest absolute Gasteiger partial charge is 0.489 e. The van der Waals surface area contributed by atoms with Crippen LogP contribution in [0.5, 0.6) is 5.75 Å². The Morgan fingerprint density at radius 2 is 1.48 bits per heavy atom. The summed E-state index contributed by atoms with van der Waals surface area (Å²) in [5.74, 6) is -0.861. The number of allylic oxidation sites excluding steroid dienone is 2. The number of benzene rings is 1. The van der Waals surface area contributed by atoms with E-state index in [1.165, 1.54) is 14.2 Å². The van der Waals surface area contributed by atoms with E-state index in [9.17, 15) is 14.4 Å². The molecule has 0 atom stereocenters. The van der Waals surface area contributed by atoms with Gasteiger partial charge in [0.25, 0.3) is 0 Å². The number of carbonyl (C=O) groups is 3. The number of rotatable bonds is 7. The summed E-state index contributed by atoms with van der Waals surface area (Å²) in [7, 11) is 2.66. The fourth-order valence-corrected chi connectivity index (χ4v) is 2.83. The molecule has 0 saturated carbocycles. The van der Waals surface area contributed by atoms with E-state index in [1.807, 2.05) is 0 Å². The summed E-state index contributed by atoms with van der Waals surface area (Å²) < 4.78 is 20.7. The monoisotopic (exact) mass is 402 g/mol. The van der Waals surface area contributed by atoms with Gasteiger partial charge in [-0.2, -0.15) is 0 Å². The highest BCUT2D eigenvalue weighted by Crippen LogP contribution is 2.28. The van der Waals surface area contributed by atoms with Gasteiger partial charge in [0, 0.05) is 17.6 Å². The molecule has 2 rings (SSSR count). The maximum atomic E-state index is 12.7. The number of hydrogen-bond acceptors (Lipinski definition) is 7. The number of ketones is 2. The molecule has 7 heteroatoms. The standard InChI is InChI=1S/C22H26O7/c1-13-16(19(25)21(27-6)20(26-5)18(13)24)11-14-7-9-15(10-8-14)28-12-17(23)29-22(2,3)4/h7-10H,11-12H2,1-6H3. The van der Waals surface area contributed by atoms with Crippen molar-refractivity contribution in [3.8, 4) is 5.75 Å². The Kier molecular flexibility index (Phi) is 6.84. The topological polar surface area (TPSA) is 88.1 Å². The van der Waals surface area contributed by atoms with E-state index in [0.717, 1.165) is 5.56 Å². The van der Waals surface area contributed by atoms with Gasteiger partial charge in [-0.3, -0.25) is 9.59 Å². The number of ether oxygens (including phenoxy) is 4. The SMILES string of the molecule is COC1=C(OC)C(=O)C(Cc2ccc(OCC(=O)OC(C)(C)C)cc2)=C(C)C1=O. The minimum absolute atomic E-state index is 0.0790. The molecule has 0 fully saturated rings. The number of carbonyl (C=O) groups excluding carboxylic acids is 3. The summed E-state index contributed by atoms with van der Waals surface area (Å²) in [5.41, 5.74) is 0.923. The third-order valence-electron chi connectivity index (χ3n) is 4.18. The predicted molar refractivity (Wildman–Crippen MR) is 105 cm³/mol. The summed E-state index contributed by atoms with van der Waals surface area (Å²) in [4.78, 5) is 36.9. The molecule has 7 nitrogen and oxygen atoms in total.